The first-order valence-corrected chi connectivity index (χ1v) is 5.07. The van der Waals surface area contributed by atoms with E-state index in [1.165, 1.54) is 6.07 Å². The van der Waals surface area contributed by atoms with E-state index in [0.29, 0.717) is 30.1 Å². The van der Waals surface area contributed by atoms with Crippen molar-refractivity contribution in [2.75, 3.05) is 13.2 Å². The third kappa shape index (κ3) is 2.74. The number of nitrogens with zero attached hydrogens (tertiary/aromatic N) is 1. The second-order valence-corrected chi connectivity index (χ2v) is 2.98. The molecule has 0 spiro atoms. The topological polar surface area (TPSA) is 59.3 Å². The molecule has 4 heteroatoms. The van der Waals surface area contributed by atoms with E-state index in [4.69, 9.17) is 14.7 Å². The molecule has 0 fully saturated rings. The molecule has 16 heavy (non-hydrogen) atoms. The Labute approximate surface area is 94.4 Å². The van der Waals surface area contributed by atoms with Crippen LogP contribution in [0.25, 0.3) is 0 Å². The fourth-order valence-corrected chi connectivity index (χ4v) is 1.24. The zero-order chi connectivity index (χ0) is 12.0. The van der Waals surface area contributed by atoms with Gasteiger partial charge in [-0.05, 0) is 32.0 Å². The Morgan fingerprint density at radius 2 is 2.12 bits per heavy atom. The van der Waals surface area contributed by atoms with E-state index in [-0.39, 0.29) is 0 Å². The molecule has 0 aliphatic rings. The van der Waals surface area contributed by atoms with Crippen molar-refractivity contribution in [2.24, 2.45) is 0 Å². The van der Waals surface area contributed by atoms with Crippen molar-refractivity contribution in [1.82, 2.24) is 0 Å². The molecule has 1 aromatic rings. The highest BCUT2D eigenvalue weighted by Crippen LogP contribution is 2.21. The summed E-state index contributed by atoms with van der Waals surface area (Å²) in [5.74, 6) is -0.0459. The van der Waals surface area contributed by atoms with Gasteiger partial charge in [-0.25, -0.2) is 4.79 Å². The molecule has 4 nitrogen and oxygen atoms in total. The summed E-state index contributed by atoms with van der Waals surface area (Å²) < 4.78 is 10.2. The van der Waals surface area contributed by atoms with E-state index < -0.39 is 5.97 Å². The number of carbonyl (C=O) groups is 1. The first-order chi connectivity index (χ1) is 7.72. The minimum Gasteiger partial charge on any atom is -0.493 e. The van der Waals surface area contributed by atoms with Gasteiger partial charge < -0.3 is 9.47 Å². The van der Waals surface area contributed by atoms with Gasteiger partial charge in [0.15, 0.2) is 0 Å². The zero-order valence-corrected chi connectivity index (χ0v) is 9.32. The van der Waals surface area contributed by atoms with Crippen LogP contribution in [0.2, 0.25) is 0 Å². The molecule has 1 aromatic carbocycles. The molecule has 0 radical (unpaired) electrons. The van der Waals surface area contributed by atoms with Gasteiger partial charge in [-0.3, -0.25) is 0 Å². The van der Waals surface area contributed by atoms with Crippen LogP contribution in [0, 0.1) is 11.3 Å². The van der Waals surface area contributed by atoms with Gasteiger partial charge >= 0.3 is 5.97 Å². The predicted molar refractivity (Wildman–Crippen MR) is 58.3 cm³/mol. The quantitative estimate of drug-likeness (QED) is 0.728. The Hall–Kier alpha value is -2.02. The molecule has 0 N–H and O–H groups in total. The highest BCUT2D eigenvalue weighted by Gasteiger charge is 2.13. The fourth-order valence-electron chi connectivity index (χ4n) is 1.24. The Morgan fingerprint density at radius 3 is 2.69 bits per heavy atom. The Morgan fingerprint density at radius 1 is 1.38 bits per heavy atom. The predicted octanol–water partition coefficient (Wildman–Crippen LogP) is 2.13. The van der Waals surface area contributed by atoms with Crippen LogP contribution in [0.15, 0.2) is 18.2 Å². The molecule has 0 amide bonds. The van der Waals surface area contributed by atoms with Crippen molar-refractivity contribution in [3.05, 3.63) is 29.3 Å². The van der Waals surface area contributed by atoms with Crippen LogP contribution in [0.1, 0.15) is 29.8 Å². The average molecular weight is 219 g/mol. The van der Waals surface area contributed by atoms with Gasteiger partial charge in [0.25, 0.3) is 0 Å². The fraction of sp³-hybridized carbons (Fsp3) is 0.333. The van der Waals surface area contributed by atoms with Crippen molar-refractivity contribution < 1.29 is 14.3 Å². The van der Waals surface area contributed by atoms with Gasteiger partial charge in [0.05, 0.1) is 24.8 Å². The second-order valence-electron chi connectivity index (χ2n) is 2.98. The van der Waals surface area contributed by atoms with Crippen molar-refractivity contribution in [3.63, 3.8) is 0 Å². The van der Waals surface area contributed by atoms with Crippen LogP contribution >= 0.6 is 0 Å². The van der Waals surface area contributed by atoms with E-state index >= 15 is 0 Å². The molecule has 0 saturated carbocycles. The smallest absolute Gasteiger partial charge is 0.341 e. The molecule has 0 aromatic heterocycles. The normalized spacial score (nSPS) is 9.31. The molecular weight excluding hydrogens is 206 g/mol. The van der Waals surface area contributed by atoms with Crippen LogP contribution in [-0.2, 0) is 4.74 Å². The summed E-state index contributed by atoms with van der Waals surface area (Å²) in [5, 5.41) is 8.74. The number of esters is 1. The van der Waals surface area contributed by atoms with Crippen LogP contribution < -0.4 is 4.74 Å². The molecule has 0 saturated heterocycles. The minimum absolute atomic E-state index is 0.310. The standard InChI is InChI=1S/C12H13NO3/c1-3-15-11-7-9(8-13)5-6-10(11)12(14)16-4-2/h5-7H,3-4H2,1-2H3. The first-order valence-electron chi connectivity index (χ1n) is 5.07. The summed E-state index contributed by atoms with van der Waals surface area (Å²) in [6.45, 7) is 4.29. The molecule has 0 heterocycles. The Bertz CT molecular complexity index is 421. The largest absolute Gasteiger partial charge is 0.493 e. The maximum Gasteiger partial charge on any atom is 0.341 e. The Balaban J connectivity index is 3.08. The lowest BCUT2D eigenvalue weighted by molar-refractivity contribution is 0.0522. The molecule has 0 aliphatic heterocycles. The molecule has 0 aliphatic carbocycles. The summed E-state index contributed by atoms with van der Waals surface area (Å²) >= 11 is 0. The highest BCUT2D eigenvalue weighted by atomic mass is 16.5. The maximum absolute atomic E-state index is 11.6. The molecule has 0 unspecified atom stereocenters. The van der Waals surface area contributed by atoms with Gasteiger partial charge in [0.1, 0.15) is 11.3 Å². The van der Waals surface area contributed by atoms with Gasteiger partial charge in [0, 0.05) is 0 Å². The second kappa shape index (κ2) is 5.76. The van der Waals surface area contributed by atoms with Crippen LogP contribution in [0.3, 0.4) is 0 Å². The highest BCUT2D eigenvalue weighted by molar-refractivity contribution is 5.92. The number of nitriles is 1. The Kier molecular flexibility index (Phi) is 4.34. The average Bonchev–Trinajstić information content (AvgIpc) is 2.29. The number of benzene rings is 1. The van der Waals surface area contributed by atoms with E-state index in [2.05, 4.69) is 0 Å². The number of carbonyl (C=O) groups excluding carboxylic acids is 1. The van der Waals surface area contributed by atoms with Crippen molar-refractivity contribution in [2.45, 2.75) is 13.8 Å². The van der Waals surface area contributed by atoms with Gasteiger partial charge in [0.2, 0.25) is 0 Å². The van der Waals surface area contributed by atoms with Crippen LogP contribution in [0.4, 0.5) is 0 Å². The van der Waals surface area contributed by atoms with Gasteiger partial charge in [-0.1, -0.05) is 0 Å². The van der Waals surface area contributed by atoms with E-state index in [0.717, 1.165) is 0 Å². The van der Waals surface area contributed by atoms with Gasteiger partial charge in [-0.2, -0.15) is 5.26 Å². The summed E-state index contributed by atoms with van der Waals surface area (Å²) in [4.78, 5) is 11.6. The van der Waals surface area contributed by atoms with E-state index in [1.54, 1.807) is 19.1 Å². The lowest BCUT2D eigenvalue weighted by Gasteiger charge is -2.09. The third-order valence-corrected chi connectivity index (χ3v) is 1.91. The summed E-state index contributed by atoms with van der Waals surface area (Å²) in [5.41, 5.74) is 0.805. The molecule has 0 atom stereocenters. The van der Waals surface area contributed by atoms with E-state index in [1.807, 2.05) is 13.0 Å². The summed E-state index contributed by atoms with van der Waals surface area (Å²) in [7, 11) is 0. The lowest BCUT2D eigenvalue weighted by Crippen LogP contribution is -2.08. The van der Waals surface area contributed by atoms with Crippen molar-refractivity contribution >= 4 is 5.97 Å². The minimum atomic E-state index is -0.435. The number of rotatable bonds is 4. The molecule has 0 bridgehead atoms. The zero-order valence-electron chi connectivity index (χ0n) is 9.32. The van der Waals surface area contributed by atoms with E-state index in [9.17, 15) is 4.79 Å². The number of hydrogen-bond donors (Lipinski definition) is 0. The van der Waals surface area contributed by atoms with Crippen LogP contribution in [0.5, 0.6) is 5.75 Å². The lowest BCUT2D eigenvalue weighted by atomic mass is 10.1. The number of ether oxygens (including phenoxy) is 2. The molecular formula is C12H13NO3. The number of hydrogen-bond acceptors (Lipinski definition) is 4. The SMILES string of the molecule is CCOC(=O)c1ccc(C#N)cc1OCC. The summed E-state index contributed by atoms with van der Waals surface area (Å²) in [6, 6.07) is 6.64. The van der Waals surface area contributed by atoms with Crippen molar-refractivity contribution in [1.29, 1.82) is 5.26 Å². The molecule has 1 rings (SSSR count). The van der Waals surface area contributed by atoms with Gasteiger partial charge in [-0.15, -0.1) is 0 Å². The van der Waals surface area contributed by atoms with Crippen LogP contribution in [-0.4, -0.2) is 19.2 Å². The van der Waals surface area contributed by atoms with Crippen molar-refractivity contribution in [3.8, 4) is 11.8 Å². The monoisotopic (exact) mass is 219 g/mol. The molecule has 84 valence electrons. The third-order valence-electron chi connectivity index (χ3n) is 1.91. The maximum atomic E-state index is 11.6. The first kappa shape index (κ1) is 12.1. The summed E-state index contributed by atoms with van der Waals surface area (Å²) in [6.07, 6.45) is 0.